The number of hydrogen-bond donors (Lipinski definition) is 2. The Morgan fingerprint density at radius 1 is 1.56 bits per heavy atom. The van der Waals surface area contributed by atoms with Crippen molar-refractivity contribution in [3.8, 4) is 0 Å². The standard InChI is InChI=1S/C10H18N2O3S/c1-5-10(3,8(11)16)9(14)12-6(2)7(13)15-4/h6H,5H2,1-4H3,(H2,11,16)(H,12,14). The number of methoxy groups -OCH3 is 1. The number of esters is 1. The second-order valence-corrected chi connectivity index (χ2v) is 4.21. The van der Waals surface area contributed by atoms with Crippen LogP contribution in [0.5, 0.6) is 0 Å². The van der Waals surface area contributed by atoms with Crippen molar-refractivity contribution in [2.24, 2.45) is 11.1 Å². The van der Waals surface area contributed by atoms with Crippen LogP contribution in [0.2, 0.25) is 0 Å². The van der Waals surface area contributed by atoms with Gasteiger partial charge in [-0.15, -0.1) is 0 Å². The number of thiocarbonyl (C=S) groups is 1. The SMILES string of the molecule is CCC(C)(C(=O)NC(C)C(=O)OC)C(N)=S. The first kappa shape index (κ1) is 14.8. The summed E-state index contributed by atoms with van der Waals surface area (Å²) in [4.78, 5) is 23.1. The lowest BCUT2D eigenvalue weighted by Crippen LogP contribution is -2.51. The van der Waals surface area contributed by atoms with E-state index in [2.05, 4.69) is 10.1 Å². The Balaban J connectivity index is 4.68. The number of carbonyl (C=O) groups excluding carboxylic acids is 2. The third kappa shape index (κ3) is 3.16. The van der Waals surface area contributed by atoms with E-state index >= 15 is 0 Å². The first-order chi connectivity index (χ1) is 7.29. The maximum Gasteiger partial charge on any atom is 0.328 e. The predicted octanol–water partition coefficient (Wildman–Crippen LogP) is 0.367. The molecule has 6 heteroatoms. The Morgan fingerprint density at radius 3 is 2.38 bits per heavy atom. The van der Waals surface area contributed by atoms with Gasteiger partial charge in [-0.2, -0.15) is 0 Å². The van der Waals surface area contributed by atoms with Gasteiger partial charge < -0.3 is 15.8 Å². The first-order valence-corrected chi connectivity index (χ1v) is 5.39. The van der Waals surface area contributed by atoms with Crippen LogP contribution in [-0.2, 0) is 14.3 Å². The molecule has 0 saturated carbocycles. The lowest BCUT2D eigenvalue weighted by atomic mass is 9.86. The Morgan fingerprint density at radius 2 is 2.06 bits per heavy atom. The van der Waals surface area contributed by atoms with Gasteiger partial charge in [-0.05, 0) is 20.3 Å². The normalized spacial score (nSPS) is 15.8. The molecule has 1 amide bonds. The van der Waals surface area contributed by atoms with Crippen molar-refractivity contribution in [1.82, 2.24) is 5.32 Å². The van der Waals surface area contributed by atoms with E-state index in [4.69, 9.17) is 18.0 Å². The molecule has 0 saturated heterocycles. The van der Waals surface area contributed by atoms with Crippen LogP contribution in [0.15, 0.2) is 0 Å². The van der Waals surface area contributed by atoms with Crippen LogP contribution in [0.4, 0.5) is 0 Å². The van der Waals surface area contributed by atoms with Gasteiger partial charge in [-0.1, -0.05) is 19.1 Å². The number of hydrogen-bond acceptors (Lipinski definition) is 4. The molecule has 0 aliphatic heterocycles. The molecule has 0 radical (unpaired) electrons. The molecule has 0 heterocycles. The fourth-order valence-corrected chi connectivity index (χ4v) is 1.28. The fourth-order valence-electron chi connectivity index (χ4n) is 1.04. The highest BCUT2D eigenvalue weighted by molar-refractivity contribution is 7.80. The first-order valence-electron chi connectivity index (χ1n) is 4.98. The Bertz CT molecular complexity index is 306. The quantitative estimate of drug-likeness (QED) is 0.541. The largest absolute Gasteiger partial charge is 0.467 e. The van der Waals surface area contributed by atoms with Gasteiger partial charge in [0.25, 0.3) is 0 Å². The van der Waals surface area contributed by atoms with E-state index in [1.807, 2.05) is 6.92 Å². The molecule has 0 aliphatic rings. The molecule has 0 aromatic heterocycles. The summed E-state index contributed by atoms with van der Waals surface area (Å²) in [6, 6.07) is -0.710. The summed E-state index contributed by atoms with van der Waals surface area (Å²) < 4.78 is 4.50. The van der Waals surface area contributed by atoms with Crippen molar-refractivity contribution in [3.05, 3.63) is 0 Å². The number of amides is 1. The number of rotatable bonds is 5. The zero-order valence-electron chi connectivity index (χ0n) is 9.99. The number of ether oxygens (including phenoxy) is 1. The monoisotopic (exact) mass is 246 g/mol. The van der Waals surface area contributed by atoms with Gasteiger partial charge >= 0.3 is 5.97 Å². The molecule has 92 valence electrons. The van der Waals surface area contributed by atoms with E-state index in [9.17, 15) is 9.59 Å². The van der Waals surface area contributed by atoms with Crippen molar-refractivity contribution in [2.75, 3.05) is 7.11 Å². The predicted molar refractivity (Wildman–Crippen MR) is 64.8 cm³/mol. The molecule has 5 nitrogen and oxygen atoms in total. The van der Waals surface area contributed by atoms with Crippen molar-refractivity contribution in [2.45, 2.75) is 33.2 Å². The summed E-state index contributed by atoms with van der Waals surface area (Å²) >= 11 is 4.85. The van der Waals surface area contributed by atoms with Gasteiger partial charge in [-0.25, -0.2) is 4.79 Å². The van der Waals surface area contributed by atoms with Crippen molar-refractivity contribution >= 4 is 29.1 Å². The minimum absolute atomic E-state index is 0.115. The van der Waals surface area contributed by atoms with Crippen molar-refractivity contribution in [3.63, 3.8) is 0 Å². The van der Waals surface area contributed by atoms with Crippen molar-refractivity contribution < 1.29 is 14.3 Å². The lowest BCUT2D eigenvalue weighted by molar-refractivity contribution is -0.145. The summed E-state index contributed by atoms with van der Waals surface area (Å²) in [6.07, 6.45) is 0.474. The van der Waals surface area contributed by atoms with E-state index < -0.39 is 17.4 Å². The topological polar surface area (TPSA) is 81.4 Å². The lowest BCUT2D eigenvalue weighted by Gasteiger charge is -2.26. The molecule has 0 rings (SSSR count). The van der Waals surface area contributed by atoms with E-state index in [0.717, 1.165) is 0 Å². The molecule has 0 fully saturated rings. The molecule has 3 N–H and O–H groups in total. The maximum atomic E-state index is 11.9. The van der Waals surface area contributed by atoms with Crippen LogP contribution in [0.25, 0.3) is 0 Å². The van der Waals surface area contributed by atoms with E-state index in [-0.39, 0.29) is 10.9 Å². The Hall–Kier alpha value is -1.17. The summed E-state index contributed by atoms with van der Waals surface area (Å²) in [7, 11) is 1.26. The zero-order valence-corrected chi connectivity index (χ0v) is 10.8. The zero-order chi connectivity index (χ0) is 12.9. The molecule has 2 unspecified atom stereocenters. The van der Waals surface area contributed by atoms with Crippen LogP contribution < -0.4 is 11.1 Å². The third-order valence-corrected chi connectivity index (χ3v) is 3.10. The molecule has 16 heavy (non-hydrogen) atoms. The summed E-state index contributed by atoms with van der Waals surface area (Å²) in [5, 5.41) is 2.52. The van der Waals surface area contributed by atoms with Gasteiger partial charge in [0.05, 0.1) is 17.5 Å². The summed E-state index contributed by atoms with van der Waals surface area (Å²) in [6.45, 7) is 5.00. The maximum absolute atomic E-state index is 11.9. The highest BCUT2D eigenvalue weighted by atomic mass is 32.1. The Labute approximate surface area is 101 Å². The molecule has 0 spiro atoms. The highest BCUT2D eigenvalue weighted by Gasteiger charge is 2.36. The van der Waals surface area contributed by atoms with E-state index in [1.54, 1.807) is 13.8 Å². The summed E-state index contributed by atoms with van der Waals surface area (Å²) in [5.74, 6) is -0.866. The average Bonchev–Trinajstić information content (AvgIpc) is 2.25. The number of nitrogens with one attached hydrogen (secondary N) is 1. The van der Waals surface area contributed by atoms with Crippen LogP contribution in [0.3, 0.4) is 0 Å². The number of carbonyl (C=O) groups is 2. The van der Waals surface area contributed by atoms with Gasteiger partial charge in [0.2, 0.25) is 5.91 Å². The van der Waals surface area contributed by atoms with Crippen LogP contribution in [0.1, 0.15) is 27.2 Å². The summed E-state index contributed by atoms with van der Waals surface area (Å²) in [5.41, 5.74) is 4.59. The molecular formula is C10H18N2O3S. The highest BCUT2D eigenvalue weighted by Crippen LogP contribution is 2.21. The number of nitrogens with two attached hydrogens (primary N) is 1. The molecule has 0 bridgehead atoms. The van der Waals surface area contributed by atoms with Crippen molar-refractivity contribution in [1.29, 1.82) is 0 Å². The van der Waals surface area contributed by atoms with Gasteiger partial charge in [-0.3, -0.25) is 4.79 Å². The molecule has 0 aliphatic carbocycles. The van der Waals surface area contributed by atoms with Gasteiger partial charge in [0.1, 0.15) is 6.04 Å². The molecule has 2 atom stereocenters. The van der Waals surface area contributed by atoms with Crippen LogP contribution in [0, 0.1) is 5.41 Å². The van der Waals surface area contributed by atoms with E-state index in [1.165, 1.54) is 7.11 Å². The fraction of sp³-hybridized carbons (Fsp3) is 0.700. The molecular weight excluding hydrogens is 228 g/mol. The van der Waals surface area contributed by atoms with E-state index in [0.29, 0.717) is 6.42 Å². The van der Waals surface area contributed by atoms with Crippen LogP contribution >= 0.6 is 12.2 Å². The smallest absolute Gasteiger partial charge is 0.328 e. The second kappa shape index (κ2) is 5.79. The Kier molecular flexibility index (Phi) is 5.37. The minimum atomic E-state index is -0.933. The van der Waals surface area contributed by atoms with Gasteiger partial charge in [0, 0.05) is 0 Å². The molecule has 0 aromatic rings. The minimum Gasteiger partial charge on any atom is -0.467 e. The van der Waals surface area contributed by atoms with Gasteiger partial charge in [0.15, 0.2) is 0 Å². The van der Waals surface area contributed by atoms with Crippen LogP contribution in [-0.4, -0.2) is 30.0 Å². The average molecular weight is 246 g/mol. The third-order valence-electron chi connectivity index (χ3n) is 2.65. The second-order valence-electron chi connectivity index (χ2n) is 3.77. The molecule has 0 aromatic carbocycles.